The van der Waals surface area contributed by atoms with Crippen LogP contribution in [0.25, 0.3) is 0 Å². The zero-order valence-electron chi connectivity index (χ0n) is 13.1. The van der Waals surface area contributed by atoms with E-state index in [4.69, 9.17) is 17.3 Å². The smallest absolute Gasteiger partial charge is 0.227 e. The summed E-state index contributed by atoms with van der Waals surface area (Å²) in [5, 5.41) is 0.448. The monoisotopic (exact) mass is 327 g/mol. The Bertz CT molecular complexity index is 530. The van der Waals surface area contributed by atoms with Crippen LogP contribution in [0.5, 0.6) is 0 Å². The molecule has 0 saturated carbocycles. The van der Waals surface area contributed by atoms with Gasteiger partial charge in [-0.05, 0) is 24.6 Å². The van der Waals surface area contributed by atoms with Crippen LogP contribution in [-0.4, -0.2) is 47.9 Å². The molecule has 0 radical (unpaired) electrons. The minimum Gasteiger partial charge on any atom is -0.340 e. The minimum atomic E-state index is -0.325. The lowest BCUT2D eigenvalue weighted by Gasteiger charge is -2.36. The van der Waals surface area contributed by atoms with Gasteiger partial charge in [0, 0.05) is 43.8 Å². The molecular formula is C16H23ClFN3O. The van der Waals surface area contributed by atoms with Gasteiger partial charge < -0.3 is 10.6 Å². The topological polar surface area (TPSA) is 49.6 Å². The van der Waals surface area contributed by atoms with Gasteiger partial charge in [-0.1, -0.05) is 24.6 Å². The number of carbonyl (C=O) groups is 1. The Morgan fingerprint density at radius 2 is 1.95 bits per heavy atom. The van der Waals surface area contributed by atoms with Crippen LogP contribution in [0, 0.1) is 11.7 Å². The number of nitrogens with two attached hydrogens (primary N) is 1. The summed E-state index contributed by atoms with van der Waals surface area (Å²) in [5.41, 5.74) is 6.71. The SMILES string of the molecule is CC(N)C(C)C(=O)N1CCN(Cc2ccc(F)cc2Cl)CC1. The van der Waals surface area contributed by atoms with Gasteiger partial charge in [-0.2, -0.15) is 0 Å². The molecule has 1 aromatic carbocycles. The highest BCUT2D eigenvalue weighted by molar-refractivity contribution is 6.31. The quantitative estimate of drug-likeness (QED) is 0.921. The van der Waals surface area contributed by atoms with E-state index in [1.54, 1.807) is 6.07 Å². The average molecular weight is 328 g/mol. The van der Waals surface area contributed by atoms with Crippen LogP contribution in [0.15, 0.2) is 18.2 Å². The Hall–Kier alpha value is -1.17. The van der Waals surface area contributed by atoms with Crippen LogP contribution in [0.4, 0.5) is 4.39 Å². The summed E-state index contributed by atoms with van der Waals surface area (Å²) in [4.78, 5) is 16.4. The largest absolute Gasteiger partial charge is 0.340 e. The van der Waals surface area contributed by atoms with Gasteiger partial charge in [-0.3, -0.25) is 9.69 Å². The third-order valence-corrected chi connectivity index (χ3v) is 4.62. The van der Waals surface area contributed by atoms with Crippen molar-refractivity contribution in [2.75, 3.05) is 26.2 Å². The van der Waals surface area contributed by atoms with Crippen molar-refractivity contribution in [1.82, 2.24) is 9.80 Å². The van der Waals surface area contributed by atoms with E-state index in [9.17, 15) is 9.18 Å². The van der Waals surface area contributed by atoms with Crippen LogP contribution in [0.2, 0.25) is 5.02 Å². The lowest BCUT2D eigenvalue weighted by Crippen LogP contribution is -2.51. The molecular weight excluding hydrogens is 305 g/mol. The molecule has 2 atom stereocenters. The van der Waals surface area contributed by atoms with Crippen LogP contribution in [0.1, 0.15) is 19.4 Å². The van der Waals surface area contributed by atoms with Gasteiger partial charge in [0.1, 0.15) is 5.82 Å². The van der Waals surface area contributed by atoms with E-state index in [0.717, 1.165) is 18.7 Å². The van der Waals surface area contributed by atoms with Gasteiger partial charge in [0.25, 0.3) is 0 Å². The molecule has 2 unspecified atom stereocenters. The fourth-order valence-electron chi connectivity index (χ4n) is 2.53. The van der Waals surface area contributed by atoms with E-state index in [1.807, 2.05) is 18.7 Å². The molecule has 2 rings (SSSR count). The summed E-state index contributed by atoms with van der Waals surface area (Å²) >= 11 is 6.06. The third kappa shape index (κ3) is 4.18. The molecule has 1 amide bonds. The van der Waals surface area contributed by atoms with Crippen molar-refractivity contribution in [3.8, 4) is 0 Å². The highest BCUT2D eigenvalue weighted by Crippen LogP contribution is 2.20. The Kier molecular flexibility index (Phi) is 5.78. The zero-order chi connectivity index (χ0) is 16.3. The molecule has 0 aliphatic carbocycles. The molecule has 6 heteroatoms. The Labute approximate surface area is 136 Å². The molecule has 1 aliphatic rings. The molecule has 0 bridgehead atoms. The molecule has 0 spiro atoms. The minimum absolute atomic E-state index is 0.120. The van der Waals surface area contributed by atoms with E-state index in [-0.39, 0.29) is 23.7 Å². The molecule has 2 N–H and O–H groups in total. The van der Waals surface area contributed by atoms with Crippen LogP contribution in [-0.2, 0) is 11.3 Å². The predicted molar refractivity (Wildman–Crippen MR) is 86.1 cm³/mol. The second-order valence-corrected chi connectivity index (χ2v) is 6.39. The summed E-state index contributed by atoms with van der Waals surface area (Å²) in [6.07, 6.45) is 0. The standard InChI is InChI=1S/C16H23ClFN3O/c1-11(12(2)19)16(22)21-7-5-20(6-8-21)10-13-3-4-14(18)9-15(13)17/h3-4,9,11-12H,5-8,10,19H2,1-2H3. The first-order valence-corrected chi connectivity index (χ1v) is 7.97. The van der Waals surface area contributed by atoms with Gasteiger partial charge >= 0.3 is 0 Å². The van der Waals surface area contributed by atoms with Gasteiger partial charge in [-0.15, -0.1) is 0 Å². The summed E-state index contributed by atoms with van der Waals surface area (Å²) in [5.74, 6) is -0.360. The molecule has 1 aromatic rings. The zero-order valence-corrected chi connectivity index (χ0v) is 13.8. The predicted octanol–water partition coefficient (Wildman–Crippen LogP) is 2.11. The fraction of sp³-hybridized carbons (Fsp3) is 0.562. The second-order valence-electron chi connectivity index (χ2n) is 5.98. The maximum atomic E-state index is 13.1. The van der Waals surface area contributed by atoms with E-state index in [1.165, 1.54) is 12.1 Å². The first-order chi connectivity index (χ1) is 10.4. The van der Waals surface area contributed by atoms with Gasteiger partial charge in [0.2, 0.25) is 5.91 Å². The molecule has 1 fully saturated rings. The summed E-state index contributed by atoms with van der Waals surface area (Å²) in [6.45, 7) is 7.34. The van der Waals surface area contributed by atoms with Crippen molar-refractivity contribution in [3.63, 3.8) is 0 Å². The summed E-state index contributed by atoms with van der Waals surface area (Å²) in [6, 6.07) is 4.34. The highest BCUT2D eigenvalue weighted by Gasteiger charge is 2.26. The van der Waals surface area contributed by atoms with E-state index >= 15 is 0 Å². The number of amides is 1. The number of hydrogen-bond donors (Lipinski definition) is 1. The van der Waals surface area contributed by atoms with E-state index < -0.39 is 0 Å². The first kappa shape index (κ1) is 17.2. The van der Waals surface area contributed by atoms with Gasteiger partial charge in [0.15, 0.2) is 0 Å². The number of piperazine rings is 1. The van der Waals surface area contributed by atoms with Crippen LogP contribution in [0.3, 0.4) is 0 Å². The molecule has 1 aliphatic heterocycles. The summed E-state index contributed by atoms with van der Waals surface area (Å²) in [7, 11) is 0. The fourth-order valence-corrected chi connectivity index (χ4v) is 2.76. The number of nitrogens with zero attached hydrogens (tertiary/aromatic N) is 2. The number of rotatable bonds is 4. The number of benzene rings is 1. The molecule has 0 aromatic heterocycles. The molecule has 22 heavy (non-hydrogen) atoms. The van der Waals surface area contributed by atoms with Gasteiger partial charge in [0.05, 0.1) is 5.92 Å². The van der Waals surface area contributed by atoms with Crippen molar-refractivity contribution in [1.29, 1.82) is 0 Å². The number of carbonyl (C=O) groups excluding carboxylic acids is 1. The van der Waals surface area contributed by atoms with Crippen molar-refractivity contribution >= 4 is 17.5 Å². The van der Waals surface area contributed by atoms with E-state index in [0.29, 0.717) is 24.7 Å². The van der Waals surface area contributed by atoms with Crippen LogP contribution < -0.4 is 5.73 Å². The second kappa shape index (κ2) is 7.40. The Balaban J connectivity index is 1.88. The maximum Gasteiger partial charge on any atom is 0.227 e. The lowest BCUT2D eigenvalue weighted by molar-refractivity contribution is -0.137. The van der Waals surface area contributed by atoms with E-state index in [2.05, 4.69) is 4.90 Å². The van der Waals surface area contributed by atoms with Crippen LogP contribution >= 0.6 is 11.6 Å². The highest BCUT2D eigenvalue weighted by atomic mass is 35.5. The van der Waals surface area contributed by atoms with Crippen molar-refractivity contribution in [3.05, 3.63) is 34.6 Å². The van der Waals surface area contributed by atoms with Crippen molar-refractivity contribution in [2.24, 2.45) is 11.7 Å². The molecule has 1 saturated heterocycles. The molecule has 122 valence electrons. The normalized spacial score (nSPS) is 19.0. The molecule has 4 nitrogen and oxygen atoms in total. The Morgan fingerprint density at radius 3 is 2.50 bits per heavy atom. The maximum absolute atomic E-state index is 13.1. The molecule has 1 heterocycles. The first-order valence-electron chi connectivity index (χ1n) is 7.59. The Morgan fingerprint density at radius 1 is 1.32 bits per heavy atom. The summed E-state index contributed by atoms with van der Waals surface area (Å²) < 4.78 is 13.1. The third-order valence-electron chi connectivity index (χ3n) is 4.27. The van der Waals surface area contributed by atoms with Crippen molar-refractivity contribution < 1.29 is 9.18 Å². The van der Waals surface area contributed by atoms with Crippen molar-refractivity contribution in [2.45, 2.75) is 26.4 Å². The lowest BCUT2D eigenvalue weighted by atomic mass is 10.0. The average Bonchev–Trinajstić information content (AvgIpc) is 2.49. The number of halogens is 2. The van der Waals surface area contributed by atoms with Gasteiger partial charge in [-0.25, -0.2) is 4.39 Å². The number of hydrogen-bond acceptors (Lipinski definition) is 3.